The molecular weight excluding hydrogens is 272 g/mol. The molecule has 98 valence electrons. The van der Waals surface area contributed by atoms with E-state index in [4.69, 9.17) is 12.2 Å². The zero-order valence-corrected chi connectivity index (χ0v) is 12.6. The van der Waals surface area contributed by atoms with Crippen molar-refractivity contribution in [3.63, 3.8) is 0 Å². The molecule has 0 saturated heterocycles. The summed E-state index contributed by atoms with van der Waals surface area (Å²) in [6, 6.07) is 8.36. The van der Waals surface area contributed by atoms with E-state index in [0.717, 1.165) is 24.5 Å². The van der Waals surface area contributed by atoms with Crippen LogP contribution in [0.25, 0.3) is 6.08 Å². The Balaban J connectivity index is 2.29. The quantitative estimate of drug-likeness (QED) is 0.505. The smallest absolute Gasteiger partial charge is 0.229 e. The van der Waals surface area contributed by atoms with Gasteiger partial charge in [0.1, 0.15) is 18.9 Å². The highest BCUT2D eigenvalue weighted by atomic mass is 32.1. The van der Waals surface area contributed by atoms with Crippen LogP contribution in [0, 0.1) is 0 Å². The van der Waals surface area contributed by atoms with E-state index in [1.165, 1.54) is 5.56 Å². The zero-order chi connectivity index (χ0) is 13.8. The van der Waals surface area contributed by atoms with Gasteiger partial charge in [-0.2, -0.15) is 0 Å². The number of aryl methyl sites for hydroxylation is 1. The summed E-state index contributed by atoms with van der Waals surface area (Å²) >= 11 is 9.54. The zero-order valence-electron chi connectivity index (χ0n) is 10.9. The predicted molar refractivity (Wildman–Crippen MR) is 86.6 cm³/mol. The van der Waals surface area contributed by atoms with Crippen molar-refractivity contribution in [2.45, 2.75) is 20.0 Å². The molecule has 0 aliphatic heterocycles. The summed E-state index contributed by atoms with van der Waals surface area (Å²) in [5.41, 5.74) is 2.36. The Labute approximate surface area is 124 Å². The van der Waals surface area contributed by atoms with Crippen LogP contribution in [0.15, 0.2) is 43.2 Å². The summed E-state index contributed by atoms with van der Waals surface area (Å²) in [6.45, 7) is 7.54. The summed E-state index contributed by atoms with van der Waals surface area (Å²) in [7, 11) is 0. The minimum atomic E-state index is 0.620. The average molecular weight is 289 g/mol. The first-order valence-electron chi connectivity index (χ1n) is 6.19. The second kappa shape index (κ2) is 6.17. The van der Waals surface area contributed by atoms with Crippen molar-refractivity contribution < 1.29 is 4.57 Å². The lowest BCUT2D eigenvalue weighted by Crippen LogP contribution is -2.39. The van der Waals surface area contributed by atoms with E-state index in [2.05, 4.69) is 59.5 Å². The fourth-order valence-corrected chi connectivity index (χ4v) is 2.54. The van der Waals surface area contributed by atoms with Gasteiger partial charge in [-0.25, -0.2) is 9.13 Å². The molecule has 1 aromatic carbocycles. The van der Waals surface area contributed by atoms with Crippen LogP contribution >= 0.6 is 24.8 Å². The summed E-state index contributed by atoms with van der Waals surface area (Å²) in [5, 5.41) is 0. The number of nitrogens with zero attached hydrogens (tertiary/aromatic N) is 2. The molecule has 0 amide bonds. The number of hydrogen-bond acceptors (Lipinski definition) is 1. The summed E-state index contributed by atoms with van der Waals surface area (Å²) in [6.07, 6.45) is 5.93. The second-order valence-corrected chi connectivity index (χ2v) is 5.44. The molecule has 2 aromatic rings. The van der Waals surface area contributed by atoms with Gasteiger partial charge < -0.3 is 0 Å². The highest BCUT2D eigenvalue weighted by Crippen LogP contribution is 2.07. The van der Waals surface area contributed by atoms with Crippen LogP contribution in [-0.2, 0) is 13.1 Å². The third-order valence-corrected chi connectivity index (χ3v) is 3.45. The molecule has 0 spiro atoms. The molecule has 19 heavy (non-hydrogen) atoms. The first-order chi connectivity index (χ1) is 9.15. The largest absolute Gasteiger partial charge is 0.306 e. The van der Waals surface area contributed by atoms with Crippen LogP contribution in [0.3, 0.4) is 0 Å². The van der Waals surface area contributed by atoms with E-state index in [1.54, 1.807) is 0 Å². The van der Waals surface area contributed by atoms with Gasteiger partial charge in [0.05, 0.1) is 6.54 Å². The molecule has 0 N–H and O–H groups in total. The van der Waals surface area contributed by atoms with Crippen LogP contribution in [0.1, 0.15) is 23.9 Å². The second-order valence-electron chi connectivity index (χ2n) is 4.29. The van der Waals surface area contributed by atoms with Gasteiger partial charge >= 0.3 is 5.82 Å². The molecule has 0 aliphatic carbocycles. The lowest BCUT2D eigenvalue weighted by Gasteiger charge is -2.03. The fraction of sp³-hybridized carbons (Fsp3) is 0.200. The first kappa shape index (κ1) is 14.0. The third kappa shape index (κ3) is 3.14. The van der Waals surface area contributed by atoms with Crippen molar-refractivity contribution in [1.82, 2.24) is 4.57 Å². The van der Waals surface area contributed by atoms with Gasteiger partial charge in [-0.3, -0.25) is 0 Å². The number of thiol groups is 1. The average Bonchev–Trinajstić information content (AvgIpc) is 2.82. The number of imidazole rings is 1. The molecule has 0 aliphatic rings. The fourth-order valence-electron chi connectivity index (χ4n) is 2.05. The first-order valence-corrected chi connectivity index (χ1v) is 7.04. The number of thiocarbonyl (C=S) groups is 1. The lowest BCUT2D eigenvalue weighted by atomic mass is 10.1. The molecule has 0 bridgehead atoms. The van der Waals surface area contributed by atoms with Crippen LogP contribution in [0.5, 0.6) is 0 Å². The van der Waals surface area contributed by atoms with E-state index in [9.17, 15) is 0 Å². The Kier molecular flexibility index (Phi) is 4.56. The van der Waals surface area contributed by atoms with E-state index in [0.29, 0.717) is 4.20 Å². The van der Waals surface area contributed by atoms with Crippen molar-refractivity contribution >= 4 is 35.1 Å². The molecule has 0 fully saturated rings. The molecule has 0 saturated carbocycles. The molecule has 0 atom stereocenters. The molecule has 0 radical (unpaired) electrons. The number of aromatic nitrogens is 2. The van der Waals surface area contributed by atoms with Crippen molar-refractivity contribution in [2.24, 2.45) is 0 Å². The summed E-state index contributed by atoms with van der Waals surface area (Å²) in [4.78, 5) is 0. The maximum atomic E-state index is 5.22. The van der Waals surface area contributed by atoms with E-state index >= 15 is 0 Å². The Morgan fingerprint density at radius 2 is 2.11 bits per heavy atom. The maximum Gasteiger partial charge on any atom is 0.306 e. The molecule has 4 heteroatoms. The van der Waals surface area contributed by atoms with Gasteiger partial charge in [0.15, 0.2) is 4.20 Å². The minimum Gasteiger partial charge on any atom is -0.229 e. The number of hydrogen-bond donors (Lipinski definition) is 1. The Morgan fingerprint density at radius 1 is 1.42 bits per heavy atom. The van der Waals surface area contributed by atoms with Crippen LogP contribution in [0.4, 0.5) is 0 Å². The number of benzene rings is 1. The Hall–Kier alpha value is -1.39. The monoisotopic (exact) mass is 289 g/mol. The molecule has 0 unspecified atom stereocenters. The van der Waals surface area contributed by atoms with Crippen LogP contribution < -0.4 is 4.57 Å². The van der Waals surface area contributed by atoms with Gasteiger partial charge in [-0.05, 0) is 18.1 Å². The molecule has 2 rings (SSSR count). The molecule has 1 heterocycles. The molecule has 2 nitrogen and oxygen atoms in total. The topological polar surface area (TPSA) is 8.81 Å². The van der Waals surface area contributed by atoms with Crippen molar-refractivity contribution in [3.8, 4) is 0 Å². The van der Waals surface area contributed by atoms with Crippen LogP contribution in [-0.4, -0.2) is 8.76 Å². The van der Waals surface area contributed by atoms with Gasteiger partial charge in [0, 0.05) is 0 Å². The van der Waals surface area contributed by atoms with Gasteiger partial charge in [0.25, 0.3) is 0 Å². The van der Waals surface area contributed by atoms with Crippen LogP contribution in [0.2, 0.25) is 0 Å². The lowest BCUT2D eigenvalue weighted by molar-refractivity contribution is -0.688. The predicted octanol–water partition coefficient (Wildman–Crippen LogP) is 3.09. The maximum absolute atomic E-state index is 5.22. The molecular formula is C15H17N2S2+. The highest BCUT2D eigenvalue weighted by molar-refractivity contribution is 8.11. The van der Waals surface area contributed by atoms with Gasteiger partial charge in [-0.15, -0.1) is 12.6 Å². The normalized spacial score (nSPS) is 10.4. The summed E-state index contributed by atoms with van der Waals surface area (Å²) in [5.74, 6) is 0.980. The van der Waals surface area contributed by atoms with E-state index in [1.807, 2.05) is 18.5 Å². The molecule has 1 aromatic heterocycles. The van der Waals surface area contributed by atoms with Gasteiger partial charge in [-0.1, -0.05) is 49.1 Å². The third-order valence-electron chi connectivity index (χ3n) is 3.07. The van der Waals surface area contributed by atoms with Crippen molar-refractivity contribution in [2.75, 3.05) is 0 Å². The highest BCUT2D eigenvalue weighted by Gasteiger charge is 2.18. The SMILES string of the molecule is C=Cc1ccc(C[n+]2ccn(CC)c2C(=S)S)cc1. The Bertz CT molecular complexity index is 597. The Morgan fingerprint density at radius 3 is 2.63 bits per heavy atom. The summed E-state index contributed by atoms with van der Waals surface area (Å²) < 4.78 is 4.85. The van der Waals surface area contributed by atoms with Gasteiger partial charge in [0.2, 0.25) is 0 Å². The number of rotatable bonds is 5. The van der Waals surface area contributed by atoms with E-state index in [-0.39, 0.29) is 0 Å². The van der Waals surface area contributed by atoms with Crippen molar-refractivity contribution in [3.05, 3.63) is 60.2 Å². The van der Waals surface area contributed by atoms with Crippen molar-refractivity contribution in [1.29, 1.82) is 0 Å². The standard InChI is InChI=1S/C15H16N2S2/c1-3-12-5-7-13(8-6-12)11-17-10-9-16(4-2)14(17)15(18)19/h3,5-10H,1,4,11H2,2H3/p+1. The minimum absolute atomic E-state index is 0.620. The van der Waals surface area contributed by atoms with E-state index < -0.39 is 0 Å².